The number of allylic oxidation sites excluding steroid dienone is 2. The number of aromatic nitrogens is 3. The summed E-state index contributed by atoms with van der Waals surface area (Å²) in [7, 11) is 0. The topological polar surface area (TPSA) is 70.7 Å². The molecule has 0 saturated carbocycles. The van der Waals surface area contributed by atoms with Crippen molar-refractivity contribution in [1.82, 2.24) is 15.2 Å². The van der Waals surface area contributed by atoms with E-state index in [1.807, 2.05) is 12.2 Å². The lowest BCUT2D eigenvalue weighted by molar-refractivity contribution is -0.144. The van der Waals surface area contributed by atoms with Crippen molar-refractivity contribution in [3.05, 3.63) is 18.0 Å². The number of halogens is 3. The Morgan fingerprint density at radius 3 is 2.78 bits per heavy atom. The van der Waals surface area contributed by atoms with Gasteiger partial charge in [0.2, 0.25) is 17.7 Å². The number of rotatable bonds is 2. The largest absolute Gasteiger partial charge is 0.451 e. The number of carbonyl (C=O) groups excluding carboxylic acids is 1. The molecule has 2 N–H and O–H groups in total. The van der Waals surface area contributed by atoms with E-state index >= 15 is 0 Å². The number of H-pyrrole nitrogens is 1. The number of carbonyl (C=O) groups is 1. The monoisotopic (exact) mass is 260 g/mol. The Morgan fingerprint density at radius 1 is 1.44 bits per heavy atom. The predicted molar refractivity (Wildman–Crippen MR) is 56.5 cm³/mol. The van der Waals surface area contributed by atoms with E-state index in [4.69, 9.17) is 0 Å². The van der Waals surface area contributed by atoms with Gasteiger partial charge in [-0.15, -0.1) is 5.10 Å². The molecule has 0 radical (unpaired) electrons. The molecule has 1 atom stereocenters. The Bertz CT molecular complexity index is 466. The Labute approximate surface area is 100 Å². The van der Waals surface area contributed by atoms with Crippen molar-refractivity contribution in [2.75, 3.05) is 5.32 Å². The van der Waals surface area contributed by atoms with Crippen molar-refractivity contribution in [3.8, 4) is 0 Å². The van der Waals surface area contributed by atoms with Crippen molar-refractivity contribution >= 4 is 11.9 Å². The minimum absolute atomic E-state index is 0.233. The molecule has 98 valence electrons. The van der Waals surface area contributed by atoms with Gasteiger partial charge in [-0.2, -0.15) is 18.2 Å². The van der Waals surface area contributed by atoms with Gasteiger partial charge in [-0.1, -0.05) is 12.2 Å². The first-order valence-electron chi connectivity index (χ1n) is 5.42. The third-order valence-electron chi connectivity index (χ3n) is 2.63. The van der Waals surface area contributed by atoms with Gasteiger partial charge in [0.15, 0.2) is 0 Å². The normalized spacial score (nSPS) is 19.8. The Hall–Kier alpha value is -1.86. The zero-order valence-corrected chi connectivity index (χ0v) is 9.29. The van der Waals surface area contributed by atoms with Crippen LogP contribution in [0.4, 0.5) is 19.1 Å². The molecule has 0 fully saturated rings. The van der Waals surface area contributed by atoms with E-state index in [1.54, 1.807) is 5.10 Å². The van der Waals surface area contributed by atoms with Crippen molar-refractivity contribution in [2.45, 2.75) is 25.4 Å². The van der Waals surface area contributed by atoms with Gasteiger partial charge in [-0.3, -0.25) is 15.2 Å². The van der Waals surface area contributed by atoms with Gasteiger partial charge in [0, 0.05) is 5.92 Å². The van der Waals surface area contributed by atoms with Crippen LogP contribution < -0.4 is 5.32 Å². The summed E-state index contributed by atoms with van der Waals surface area (Å²) < 4.78 is 36.7. The molecule has 0 aliphatic heterocycles. The molecule has 1 aliphatic carbocycles. The summed E-state index contributed by atoms with van der Waals surface area (Å²) in [5.74, 6) is -2.15. The third kappa shape index (κ3) is 2.88. The fourth-order valence-electron chi connectivity index (χ4n) is 1.69. The SMILES string of the molecule is O=C(Nc1n[nH]c(C(F)(F)F)n1)[C@@H]1CC=CCC1. The minimum Gasteiger partial charge on any atom is -0.293 e. The molecule has 1 aromatic heterocycles. The van der Waals surface area contributed by atoms with Crippen LogP contribution in [-0.4, -0.2) is 21.1 Å². The average Bonchev–Trinajstić information content (AvgIpc) is 2.78. The quantitative estimate of drug-likeness (QED) is 0.800. The van der Waals surface area contributed by atoms with Crippen molar-refractivity contribution in [2.24, 2.45) is 5.92 Å². The summed E-state index contributed by atoms with van der Waals surface area (Å²) in [5, 5.41) is 7.33. The second-order valence-corrected chi connectivity index (χ2v) is 3.98. The number of amides is 1. The molecular weight excluding hydrogens is 249 g/mol. The first-order chi connectivity index (χ1) is 8.47. The van der Waals surface area contributed by atoms with E-state index in [0.29, 0.717) is 12.8 Å². The van der Waals surface area contributed by atoms with Crippen LogP contribution in [0.3, 0.4) is 0 Å². The number of nitrogens with one attached hydrogen (secondary N) is 2. The lowest BCUT2D eigenvalue weighted by Crippen LogP contribution is -2.24. The highest BCUT2D eigenvalue weighted by atomic mass is 19.4. The van der Waals surface area contributed by atoms with Gasteiger partial charge in [0.1, 0.15) is 0 Å². The molecule has 1 aromatic rings. The van der Waals surface area contributed by atoms with Crippen molar-refractivity contribution in [1.29, 1.82) is 0 Å². The molecular formula is C10H11F3N4O. The highest BCUT2D eigenvalue weighted by Crippen LogP contribution is 2.26. The number of nitrogens with zero attached hydrogens (tertiary/aromatic N) is 2. The maximum Gasteiger partial charge on any atom is 0.451 e. The Balaban J connectivity index is 1.99. The summed E-state index contributed by atoms with van der Waals surface area (Å²) in [6.07, 6.45) is 1.32. The molecule has 0 bridgehead atoms. The standard InChI is InChI=1S/C10H11F3N4O/c11-10(12,13)8-15-9(17-16-8)14-7(18)6-4-2-1-3-5-6/h1-2,6H,3-5H2,(H2,14,15,16,17,18)/t6-/m1/s1. The maximum atomic E-state index is 12.2. The summed E-state index contributed by atoms with van der Waals surface area (Å²) in [6.45, 7) is 0. The molecule has 0 saturated heterocycles. The van der Waals surface area contributed by atoms with Crippen LogP contribution in [0.5, 0.6) is 0 Å². The fourth-order valence-corrected chi connectivity index (χ4v) is 1.69. The summed E-state index contributed by atoms with van der Waals surface area (Å²) in [5.41, 5.74) is 0. The molecule has 1 aliphatic rings. The van der Waals surface area contributed by atoms with Gasteiger partial charge in [-0.05, 0) is 19.3 Å². The Kier molecular flexibility index (Phi) is 3.35. The highest BCUT2D eigenvalue weighted by Gasteiger charge is 2.35. The zero-order chi connectivity index (χ0) is 13.2. The predicted octanol–water partition coefficient (Wildman–Crippen LogP) is 2.12. The summed E-state index contributed by atoms with van der Waals surface area (Å²) >= 11 is 0. The highest BCUT2D eigenvalue weighted by molar-refractivity contribution is 5.91. The number of alkyl halides is 3. The molecule has 8 heteroatoms. The first kappa shape index (κ1) is 12.6. The van der Waals surface area contributed by atoms with Crippen LogP contribution in [-0.2, 0) is 11.0 Å². The Morgan fingerprint density at radius 2 is 2.22 bits per heavy atom. The van der Waals surface area contributed by atoms with Crippen LogP contribution >= 0.6 is 0 Å². The van der Waals surface area contributed by atoms with Crippen LogP contribution in [0.2, 0.25) is 0 Å². The van der Waals surface area contributed by atoms with Gasteiger partial charge >= 0.3 is 6.18 Å². The van der Waals surface area contributed by atoms with Gasteiger partial charge < -0.3 is 0 Å². The van der Waals surface area contributed by atoms with E-state index in [1.165, 1.54) is 0 Å². The van der Waals surface area contributed by atoms with Crippen molar-refractivity contribution in [3.63, 3.8) is 0 Å². The number of hydrogen-bond donors (Lipinski definition) is 2. The van der Waals surface area contributed by atoms with E-state index < -0.39 is 12.0 Å². The smallest absolute Gasteiger partial charge is 0.293 e. The van der Waals surface area contributed by atoms with Gasteiger partial charge in [-0.25, -0.2) is 0 Å². The second-order valence-electron chi connectivity index (χ2n) is 3.98. The number of anilines is 1. The number of hydrogen-bond acceptors (Lipinski definition) is 3. The molecule has 0 unspecified atom stereocenters. The molecule has 1 heterocycles. The molecule has 2 rings (SSSR count). The van der Waals surface area contributed by atoms with E-state index in [9.17, 15) is 18.0 Å². The second kappa shape index (κ2) is 4.79. The molecule has 18 heavy (non-hydrogen) atoms. The van der Waals surface area contributed by atoms with E-state index in [2.05, 4.69) is 15.4 Å². The summed E-state index contributed by atoms with van der Waals surface area (Å²) in [4.78, 5) is 14.9. The summed E-state index contributed by atoms with van der Waals surface area (Å²) in [6, 6.07) is 0. The molecule has 5 nitrogen and oxygen atoms in total. The fraction of sp³-hybridized carbons (Fsp3) is 0.500. The average molecular weight is 260 g/mol. The number of aromatic amines is 1. The maximum absolute atomic E-state index is 12.2. The molecule has 0 aromatic carbocycles. The van der Waals surface area contributed by atoms with Crippen LogP contribution in [0, 0.1) is 5.92 Å². The minimum atomic E-state index is -4.59. The van der Waals surface area contributed by atoms with Gasteiger partial charge in [0.25, 0.3) is 0 Å². The lowest BCUT2D eigenvalue weighted by atomic mass is 9.94. The molecule has 0 spiro atoms. The van der Waals surface area contributed by atoms with Crippen LogP contribution in [0.15, 0.2) is 12.2 Å². The zero-order valence-electron chi connectivity index (χ0n) is 9.29. The van der Waals surface area contributed by atoms with E-state index in [0.717, 1.165) is 6.42 Å². The molecule has 1 amide bonds. The third-order valence-corrected chi connectivity index (χ3v) is 2.63. The van der Waals surface area contributed by atoms with Crippen LogP contribution in [0.1, 0.15) is 25.1 Å². The van der Waals surface area contributed by atoms with Gasteiger partial charge in [0.05, 0.1) is 0 Å². The lowest BCUT2D eigenvalue weighted by Gasteiger charge is -2.15. The van der Waals surface area contributed by atoms with Crippen molar-refractivity contribution < 1.29 is 18.0 Å². The van der Waals surface area contributed by atoms with Crippen LogP contribution in [0.25, 0.3) is 0 Å². The van der Waals surface area contributed by atoms with E-state index in [-0.39, 0.29) is 17.8 Å². The first-order valence-corrected chi connectivity index (χ1v) is 5.42.